The highest BCUT2D eigenvalue weighted by Gasteiger charge is 2.26. The van der Waals surface area contributed by atoms with Gasteiger partial charge in [-0.1, -0.05) is 33.3 Å². The highest BCUT2D eigenvalue weighted by molar-refractivity contribution is 7.92. The lowest BCUT2D eigenvalue weighted by atomic mass is 10.1. The van der Waals surface area contributed by atoms with Crippen molar-refractivity contribution in [2.75, 3.05) is 4.53 Å². The second-order valence-corrected chi connectivity index (χ2v) is 7.12. The minimum Gasteiger partial charge on any atom is -0.227 e. The van der Waals surface area contributed by atoms with E-state index in [2.05, 4.69) is 4.98 Å². The Morgan fingerprint density at radius 3 is 2.36 bits per heavy atom. The van der Waals surface area contributed by atoms with Gasteiger partial charge in [0, 0.05) is 5.56 Å². The van der Waals surface area contributed by atoms with Crippen LogP contribution in [0.1, 0.15) is 5.56 Å². The van der Waals surface area contributed by atoms with Gasteiger partial charge in [0.2, 0.25) is 0 Å². The van der Waals surface area contributed by atoms with E-state index in [1.807, 2.05) is 0 Å². The SMILES string of the molecule is Cc1cc(F)ccc1-c1cccc(N(F)S(=O)(=O)c2ccccc2)n1. The van der Waals surface area contributed by atoms with Crippen LogP contribution in [0.15, 0.2) is 71.6 Å². The summed E-state index contributed by atoms with van der Waals surface area (Å²) in [6.07, 6.45) is 0. The number of hydrogen-bond acceptors (Lipinski definition) is 3. The van der Waals surface area contributed by atoms with E-state index in [-0.39, 0.29) is 15.2 Å². The second-order valence-electron chi connectivity index (χ2n) is 5.37. The molecule has 0 saturated carbocycles. The molecule has 0 aliphatic heterocycles. The van der Waals surface area contributed by atoms with Crippen LogP contribution in [0.3, 0.4) is 0 Å². The van der Waals surface area contributed by atoms with Gasteiger partial charge in [-0.05, 0) is 55.0 Å². The number of aromatic nitrogens is 1. The van der Waals surface area contributed by atoms with Crippen LogP contribution in [0.25, 0.3) is 11.3 Å². The molecule has 1 heterocycles. The molecule has 0 unspecified atom stereocenters. The molecular formula is C18H14F2N2O2S. The molecule has 0 radical (unpaired) electrons. The molecule has 0 aliphatic rings. The molecule has 128 valence electrons. The summed E-state index contributed by atoms with van der Waals surface area (Å²) in [6, 6.07) is 15.7. The van der Waals surface area contributed by atoms with E-state index in [1.54, 1.807) is 19.1 Å². The Balaban J connectivity index is 2.02. The zero-order chi connectivity index (χ0) is 18.0. The molecule has 0 atom stereocenters. The highest BCUT2D eigenvalue weighted by Crippen LogP contribution is 2.27. The van der Waals surface area contributed by atoms with Gasteiger partial charge in [-0.25, -0.2) is 9.37 Å². The minimum atomic E-state index is -4.36. The maximum atomic E-state index is 14.6. The number of pyridine rings is 1. The van der Waals surface area contributed by atoms with Gasteiger partial charge >= 0.3 is 0 Å². The summed E-state index contributed by atoms with van der Waals surface area (Å²) in [5.41, 5.74) is 1.55. The van der Waals surface area contributed by atoms with Crippen LogP contribution in [-0.2, 0) is 10.0 Å². The fourth-order valence-corrected chi connectivity index (χ4v) is 3.43. The van der Waals surface area contributed by atoms with Crippen LogP contribution >= 0.6 is 0 Å². The van der Waals surface area contributed by atoms with E-state index in [0.29, 0.717) is 16.8 Å². The Labute approximate surface area is 144 Å². The first-order valence-corrected chi connectivity index (χ1v) is 8.83. The lowest BCUT2D eigenvalue weighted by Gasteiger charge is -2.14. The lowest BCUT2D eigenvalue weighted by molar-refractivity contribution is 0.491. The monoisotopic (exact) mass is 360 g/mol. The maximum Gasteiger partial charge on any atom is 0.292 e. The van der Waals surface area contributed by atoms with Crippen molar-refractivity contribution < 1.29 is 17.3 Å². The Hall–Kier alpha value is -2.80. The second kappa shape index (κ2) is 6.60. The van der Waals surface area contributed by atoms with E-state index in [1.165, 1.54) is 54.6 Å². The predicted octanol–water partition coefficient (Wildman–Crippen LogP) is 4.28. The third-order valence-corrected chi connectivity index (χ3v) is 5.11. The van der Waals surface area contributed by atoms with Gasteiger partial charge in [-0.15, -0.1) is 0 Å². The van der Waals surface area contributed by atoms with Gasteiger partial charge in [0.15, 0.2) is 5.82 Å². The molecule has 0 saturated heterocycles. The first-order valence-electron chi connectivity index (χ1n) is 7.39. The van der Waals surface area contributed by atoms with Crippen molar-refractivity contribution in [3.8, 4) is 11.3 Å². The number of nitrogens with zero attached hydrogens (tertiary/aromatic N) is 2. The Kier molecular flexibility index (Phi) is 4.50. The molecule has 25 heavy (non-hydrogen) atoms. The molecule has 0 fully saturated rings. The molecule has 1 aromatic heterocycles. The molecule has 0 spiro atoms. The first kappa shape index (κ1) is 17.0. The number of rotatable bonds is 4. The molecule has 0 bridgehead atoms. The lowest BCUT2D eigenvalue weighted by Crippen LogP contribution is -2.23. The van der Waals surface area contributed by atoms with Gasteiger partial charge in [-0.2, -0.15) is 8.42 Å². The predicted molar refractivity (Wildman–Crippen MR) is 91.6 cm³/mol. The Morgan fingerprint density at radius 2 is 1.68 bits per heavy atom. The molecule has 3 aromatic rings. The quantitative estimate of drug-likeness (QED) is 0.653. The molecule has 0 aliphatic carbocycles. The molecule has 2 aromatic carbocycles. The van der Waals surface area contributed by atoms with Gasteiger partial charge in [-0.3, -0.25) is 0 Å². The van der Waals surface area contributed by atoms with Gasteiger partial charge in [0.05, 0.1) is 10.6 Å². The average Bonchev–Trinajstić information content (AvgIpc) is 2.62. The summed E-state index contributed by atoms with van der Waals surface area (Å²) in [4.78, 5) is 3.90. The standard InChI is InChI=1S/C18H14F2N2O2S/c1-13-12-14(19)10-11-16(13)17-8-5-9-18(21-17)22(20)25(23,24)15-6-3-2-4-7-15/h2-12H,1H3. The van der Waals surface area contributed by atoms with E-state index >= 15 is 0 Å². The summed E-state index contributed by atoms with van der Waals surface area (Å²) in [5, 5.41) is 0. The number of aryl methyl sites for hydroxylation is 1. The number of sulfonamides is 1. The van der Waals surface area contributed by atoms with Crippen LogP contribution in [-0.4, -0.2) is 13.4 Å². The molecule has 0 amide bonds. The van der Waals surface area contributed by atoms with Crippen molar-refractivity contribution in [2.45, 2.75) is 11.8 Å². The van der Waals surface area contributed by atoms with E-state index in [9.17, 15) is 17.3 Å². The summed E-state index contributed by atoms with van der Waals surface area (Å²) in [7, 11) is -4.36. The summed E-state index contributed by atoms with van der Waals surface area (Å²) in [5.74, 6) is -0.763. The number of hydrogen-bond donors (Lipinski definition) is 0. The number of anilines is 1. The molecule has 4 nitrogen and oxygen atoms in total. The highest BCUT2D eigenvalue weighted by atomic mass is 32.2. The minimum absolute atomic E-state index is 0.178. The van der Waals surface area contributed by atoms with Crippen LogP contribution in [0.2, 0.25) is 0 Å². The summed E-state index contributed by atoms with van der Waals surface area (Å²) in [6.45, 7) is 1.70. The van der Waals surface area contributed by atoms with Gasteiger partial charge in [0.25, 0.3) is 10.0 Å². The number of halogens is 2. The van der Waals surface area contributed by atoms with Gasteiger partial charge < -0.3 is 0 Å². The average molecular weight is 360 g/mol. The van der Waals surface area contributed by atoms with Crippen molar-refractivity contribution in [1.29, 1.82) is 0 Å². The van der Waals surface area contributed by atoms with Crippen LogP contribution in [0.4, 0.5) is 14.7 Å². The first-order chi connectivity index (χ1) is 11.9. The normalized spacial score (nSPS) is 11.3. The van der Waals surface area contributed by atoms with Crippen molar-refractivity contribution in [3.63, 3.8) is 0 Å². The maximum absolute atomic E-state index is 14.6. The third kappa shape index (κ3) is 3.36. The van der Waals surface area contributed by atoms with Crippen LogP contribution in [0.5, 0.6) is 0 Å². The zero-order valence-electron chi connectivity index (χ0n) is 13.2. The van der Waals surface area contributed by atoms with E-state index in [0.717, 1.165) is 0 Å². The Bertz CT molecular complexity index is 1010. The van der Waals surface area contributed by atoms with Crippen LogP contribution < -0.4 is 4.53 Å². The van der Waals surface area contributed by atoms with Crippen molar-refractivity contribution >= 4 is 15.8 Å². The molecule has 3 rings (SSSR count). The zero-order valence-corrected chi connectivity index (χ0v) is 14.0. The Morgan fingerprint density at radius 1 is 0.960 bits per heavy atom. The molecular weight excluding hydrogens is 346 g/mol. The van der Waals surface area contributed by atoms with E-state index in [4.69, 9.17) is 0 Å². The van der Waals surface area contributed by atoms with Crippen LogP contribution in [0, 0.1) is 12.7 Å². The topological polar surface area (TPSA) is 50.3 Å². The molecule has 7 heteroatoms. The number of benzene rings is 2. The smallest absolute Gasteiger partial charge is 0.227 e. The molecule has 0 N–H and O–H groups in total. The summed E-state index contributed by atoms with van der Waals surface area (Å²) < 4.78 is 52.2. The van der Waals surface area contributed by atoms with Gasteiger partial charge in [0.1, 0.15) is 5.82 Å². The third-order valence-electron chi connectivity index (χ3n) is 3.63. The summed E-state index contributed by atoms with van der Waals surface area (Å²) >= 11 is 0. The van der Waals surface area contributed by atoms with E-state index < -0.39 is 15.8 Å². The van der Waals surface area contributed by atoms with Crippen molar-refractivity contribution in [2.24, 2.45) is 0 Å². The fourth-order valence-electron chi connectivity index (χ4n) is 2.39. The largest absolute Gasteiger partial charge is 0.292 e. The fraction of sp³-hybridized carbons (Fsp3) is 0.0556. The van der Waals surface area contributed by atoms with Crippen molar-refractivity contribution in [3.05, 3.63) is 78.1 Å². The van der Waals surface area contributed by atoms with Crippen molar-refractivity contribution in [1.82, 2.24) is 4.98 Å².